The second-order valence-corrected chi connectivity index (χ2v) is 9.24. The van der Waals surface area contributed by atoms with E-state index in [2.05, 4.69) is 20.9 Å². The Kier molecular flexibility index (Phi) is 6.22. The van der Waals surface area contributed by atoms with Crippen molar-refractivity contribution in [3.05, 3.63) is 101 Å². The zero-order chi connectivity index (χ0) is 23.5. The molecule has 0 saturated heterocycles. The van der Waals surface area contributed by atoms with Crippen molar-refractivity contribution in [3.8, 4) is 5.75 Å². The van der Waals surface area contributed by atoms with Crippen LogP contribution in [0.2, 0.25) is 0 Å². The Morgan fingerprint density at radius 1 is 1.00 bits per heavy atom. The van der Waals surface area contributed by atoms with Crippen LogP contribution in [0.3, 0.4) is 0 Å². The van der Waals surface area contributed by atoms with Gasteiger partial charge in [-0.25, -0.2) is 4.68 Å². The number of amides is 1. The van der Waals surface area contributed by atoms with Crippen LogP contribution in [0, 0.1) is 13.8 Å². The Hall–Kier alpha value is -3.78. The molecular weight excluding hydrogens is 446 g/mol. The average Bonchev–Trinajstić information content (AvgIpc) is 3.28. The third kappa shape index (κ3) is 4.49. The fourth-order valence-corrected chi connectivity index (χ4v) is 4.96. The van der Waals surface area contributed by atoms with Crippen LogP contribution in [0.15, 0.2) is 84.0 Å². The van der Waals surface area contributed by atoms with Gasteiger partial charge in [0.15, 0.2) is 5.82 Å². The maximum Gasteiger partial charge on any atom is 0.240 e. The molecule has 34 heavy (non-hydrogen) atoms. The quantitative estimate of drug-likeness (QED) is 0.418. The number of carbonyl (C=O) groups is 1. The summed E-state index contributed by atoms with van der Waals surface area (Å²) in [5.41, 5.74) is 7.49. The number of aryl methyl sites for hydroxylation is 1. The SMILES string of the molecule is Cc1cccc(NC(=O)[C@H]2Sc3nnc(COc4ccccc4)n3N[C@H]2c2ccccc2)c1C. The molecule has 0 aliphatic carbocycles. The van der Waals surface area contributed by atoms with E-state index in [1.807, 2.05) is 97.4 Å². The zero-order valence-electron chi connectivity index (χ0n) is 18.9. The molecule has 2 heterocycles. The van der Waals surface area contributed by atoms with Gasteiger partial charge in [-0.3, -0.25) is 4.79 Å². The van der Waals surface area contributed by atoms with E-state index in [0.717, 1.165) is 28.1 Å². The molecule has 3 aromatic carbocycles. The van der Waals surface area contributed by atoms with Crippen LogP contribution in [-0.2, 0) is 11.4 Å². The van der Waals surface area contributed by atoms with Crippen LogP contribution in [0.4, 0.5) is 5.69 Å². The first kappa shape index (κ1) is 22.0. The largest absolute Gasteiger partial charge is 0.486 e. The van der Waals surface area contributed by atoms with E-state index in [1.54, 1.807) is 0 Å². The number of nitrogens with zero attached hydrogens (tertiary/aromatic N) is 3. The van der Waals surface area contributed by atoms with E-state index in [0.29, 0.717) is 11.0 Å². The minimum absolute atomic E-state index is 0.0867. The summed E-state index contributed by atoms with van der Waals surface area (Å²) in [4.78, 5) is 13.5. The fraction of sp³-hybridized carbons (Fsp3) is 0.192. The lowest BCUT2D eigenvalue weighted by molar-refractivity contribution is -0.116. The summed E-state index contributed by atoms with van der Waals surface area (Å²) in [6.07, 6.45) is 0. The van der Waals surface area contributed by atoms with Gasteiger partial charge < -0.3 is 15.5 Å². The van der Waals surface area contributed by atoms with Gasteiger partial charge in [0.1, 0.15) is 17.6 Å². The highest BCUT2D eigenvalue weighted by Gasteiger charge is 2.38. The van der Waals surface area contributed by atoms with Gasteiger partial charge in [0.05, 0.1) is 6.04 Å². The highest BCUT2D eigenvalue weighted by atomic mass is 32.2. The van der Waals surface area contributed by atoms with Crippen LogP contribution in [0.1, 0.15) is 28.6 Å². The second kappa shape index (κ2) is 9.61. The second-order valence-electron chi connectivity index (χ2n) is 8.13. The number of thioether (sulfide) groups is 1. The van der Waals surface area contributed by atoms with E-state index in [-0.39, 0.29) is 18.6 Å². The van der Waals surface area contributed by atoms with Crippen molar-refractivity contribution in [1.29, 1.82) is 0 Å². The molecule has 0 spiro atoms. The van der Waals surface area contributed by atoms with Gasteiger partial charge in [-0.15, -0.1) is 10.2 Å². The van der Waals surface area contributed by atoms with Gasteiger partial charge in [0, 0.05) is 5.69 Å². The van der Waals surface area contributed by atoms with Gasteiger partial charge >= 0.3 is 0 Å². The molecule has 4 aromatic rings. The summed E-state index contributed by atoms with van der Waals surface area (Å²) in [6.45, 7) is 4.31. The number of nitrogens with one attached hydrogen (secondary N) is 2. The Balaban J connectivity index is 1.42. The lowest BCUT2D eigenvalue weighted by atomic mass is 10.0. The van der Waals surface area contributed by atoms with Crippen molar-refractivity contribution < 1.29 is 9.53 Å². The minimum Gasteiger partial charge on any atom is -0.486 e. The monoisotopic (exact) mass is 471 g/mol. The van der Waals surface area contributed by atoms with E-state index < -0.39 is 5.25 Å². The summed E-state index contributed by atoms with van der Waals surface area (Å²) in [7, 11) is 0. The number of hydrogen-bond acceptors (Lipinski definition) is 6. The summed E-state index contributed by atoms with van der Waals surface area (Å²) in [5, 5.41) is 11.9. The molecule has 172 valence electrons. The summed E-state index contributed by atoms with van der Waals surface area (Å²) >= 11 is 1.40. The molecule has 0 radical (unpaired) electrons. The van der Waals surface area contributed by atoms with Crippen LogP contribution >= 0.6 is 11.8 Å². The lowest BCUT2D eigenvalue weighted by Gasteiger charge is -2.33. The van der Waals surface area contributed by atoms with Gasteiger partial charge in [-0.05, 0) is 48.7 Å². The van der Waals surface area contributed by atoms with Gasteiger partial charge in [0.25, 0.3) is 0 Å². The highest BCUT2D eigenvalue weighted by molar-refractivity contribution is 8.00. The molecule has 2 atom stereocenters. The Morgan fingerprint density at radius 2 is 1.74 bits per heavy atom. The molecule has 2 N–H and O–H groups in total. The number of carbonyl (C=O) groups excluding carboxylic acids is 1. The molecule has 1 aliphatic heterocycles. The Labute approximate surface area is 202 Å². The molecule has 1 amide bonds. The Morgan fingerprint density at radius 3 is 2.50 bits per heavy atom. The number of anilines is 1. The molecule has 0 unspecified atom stereocenters. The third-order valence-corrected chi connectivity index (χ3v) is 7.11. The normalized spacial score (nSPS) is 16.9. The summed E-state index contributed by atoms with van der Waals surface area (Å²) in [6, 6.07) is 25.2. The van der Waals surface area contributed by atoms with E-state index in [1.165, 1.54) is 11.8 Å². The summed E-state index contributed by atoms with van der Waals surface area (Å²) < 4.78 is 7.71. The molecule has 8 heteroatoms. The fourth-order valence-electron chi connectivity index (χ4n) is 3.86. The van der Waals surface area contributed by atoms with Gasteiger partial charge in [-0.1, -0.05) is 72.4 Å². The lowest BCUT2D eigenvalue weighted by Crippen LogP contribution is -2.41. The van der Waals surface area contributed by atoms with Crippen molar-refractivity contribution in [1.82, 2.24) is 14.9 Å². The molecule has 1 aromatic heterocycles. The number of para-hydroxylation sites is 1. The topological polar surface area (TPSA) is 81.1 Å². The summed E-state index contributed by atoms with van der Waals surface area (Å²) in [5.74, 6) is 1.31. The standard InChI is InChI=1S/C26H25N5O2S/c1-17-10-9-15-21(18(17)2)27-25(32)24-23(19-11-5-3-6-12-19)30-31-22(28-29-26(31)34-24)16-33-20-13-7-4-8-14-20/h3-15,23-24,30H,16H2,1-2H3,(H,27,32)/t23-,24-/m0/s1. The van der Waals surface area contributed by atoms with E-state index in [9.17, 15) is 4.79 Å². The maximum absolute atomic E-state index is 13.5. The van der Waals surface area contributed by atoms with Crippen LogP contribution in [-0.4, -0.2) is 26.0 Å². The molecule has 7 nitrogen and oxygen atoms in total. The average molecular weight is 472 g/mol. The molecule has 0 bridgehead atoms. The third-order valence-electron chi connectivity index (χ3n) is 5.89. The predicted molar refractivity (Wildman–Crippen MR) is 134 cm³/mol. The zero-order valence-corrected chi connectivity index (χ0v) is 19.8. The number of benzene rings is 3. The predicted octanol–water partition coefficient (Wildman–Crippen LogP) is 4.87. The van der Waals surface area contributed by atoms with Crippen LogP contribution in [0.25, 0.3) is 0 Å². The number of rotatable bonds is 6. The first-order chi connectivity index (χ1) is 16.6. The Bertz CT molecular complexity index is 1290. The van der Waals surface area contributed by atoms with Gasteiger partial charge in [0.2, 0.25) is 11.1 Å². The van der Waals surface area contributed by atoms with Crippen molar-refractivity contribution in [2.24, 2.45) is 0 Å². The smallest absolute Gasteiger partial charge is 0.240 e. The van der Waals surface area contributed by atoms with Crippen molar-refractivity contribution >= 4 is 23.4 Å². The van der Waals surface area contributed by atoms with Crippen molar-refractivity contribution in [3.63, 3.8) is 0 Å². The van der Waals surface area contributed by atoms with Crippen molar-refractivity contribution in [2.75, 3.05) is 10.7 Å². The molecular formula is C26H25N5O2S. The van der Waals surface area contributed by atoms with E-state index >= 15 is 0 Å². The molecule has 5 rings (SSSR count). The first-order valence-electron chi connectivity index (χ1n) is 11.1. The maximum atomic E-state index is 13.5. The van der Waals surface area contributed by atoms with Crippen LogP contribution < -0.4 is 15.5 Å². The van der Waals surface area contributed by atoms with Crippen molar-refractivity contribution in [2.45, 2.75) is 36.9 Å². The van der Waals surface area contributed by atoms with Gasteiger partial charge in [-0.2, -0.15) is 0 Å². The molecule has 0 saturated carbocycles. The first-order valence-corrected chi connectivity index (χ1v) is 12.0. The van der Waals surface area contributed by atoms with Crippen LogP contribution in [0.5, 0.6) is 5.75 Å². The highest BCUT2D eigenvalue weighted by Crippen LogP contribution is 2.38. The molecule has 0 fully saturated rings. The molecule has 1 aliphatic rings. The van der Waals surface area contributed by atoms with E-state index in [4.69, 9.17) is 4.74 Å². The number of ether oxygens (including phenoxy) is 1. The number of fused-ring (bicyclic) bond motifs is 1. The number of hydrogen-bond donors (Lipinski definition) is 2. The minimum atomic E-state index is -0.443. The number of aromatic nitrogens is 3.